The number of hydrogen-bond acceptors (Lipinski definition) is 18. The van der Waals surface area contributed by atoms with Crippen LogP contribution < -0.4 is 32.6 Å². The zero-order valence-electron chi connectivity index (χ0n) is 81.3. The van der Waals surface area contributed by atoms with E-state index in [0.29, 0.717) is 28.3 Å². The standard InChI is InChI=1S/C28H35N5S.C23H20N4O.C22H19N3OS.C21H18N4O.C20H20N4O2/c1-19(2)32(20(3)4)13-12-29-28-10-8-23(17-30-28)26-16-27(24-11-14-34-18-24)33(31-26)25-9-7-21(5)22(6)15-25;1-15-5-10-20(12-16(15)2)27-22(17-6-8-18(9-7-17)23(24)28)13-21(26-27)19-4-3-11-25-14-19;1-14-8-9-17(12-15(14)2)25-19(20-10-11-21(27-20)22(23)26)13-18(24-25)16-6-4-3-5-7-16;1-15-3-7-17(8-4-15)25-21(16-5-9-18(26-2)10-6-16)13-20(24-25)19-11-12-22-14-23-19;1-13-8-9-16(10-14(13)2)24-19(22-20(26)12-18(21)25)11-17(23-24)15-6-4-3-5-7-15/h7-11,14-20H,12-13H2,1-6H3,(H,29,30);3-14H,1-2H3,(H2,24,28);3-13H,1-2H3,(H2,23,26);3-14H,1-2H3;3-11H,12H2,1-2H3,(H2,21,25)(H,22,26). The number of rotatable bonds is 26. The van der Waals surface area contributed by atoms with Crippen molar-refractivity contribution in [2.24, 2.45) is 17.2 Å². The van der Waals surface area contributed by atoms with Gasteiger partial charge in [-0.25, -0.2) is 38.4 Å². The van der Waals surface area contributed by atoms with Gasteiger partial charge < -0.3 is 32.6 Å². The molecule has 0 aliphatic rings. The normalized spacial score (nSPS) is 11.0. The minimum atomic E-state index is -0.678. The molecule has 4 amide bonds. The Morgan fingerprint density at radius 1 is 0.397 bits per heavy atom. The van der Waals surface area contributed by atoms with Gasteiger partial charge in [-0.2, -0.15) is 36.8 Å². The van der Waals surface area contributed by atoms with E-state index < -0.39 is 23.6 Å². The highest BCUT2D eigenvalue weighted by molar-refractivity contribution is 7.17. The summed E-state index contributed by atoms with van der Waals surface area (Å²) in [6.07, 6.45) is 8.34. The molecule has 19 rings (SSSR count). The van der Waals surface area contributed by atoms with E-state index in [1.807, 2.05) is 196 Å². The molecule has 710 valence electrons. The smallest absolute Gasteiger partial charge is 0.258 e. The molecule has 0 aliphatic carbocycles. The number of methoxy groups -OCH3 is 1. The van der Waals surface area contributed by atoms with Gasteiger partial charge in [0.15, 0.2) is 0 Å². The number of aromatic nitrogens is 14. The molecule has 10 heterocycles. The molecule has 0 unspecified atom stereocenters. The summed E-state index contributed by atoms with van der Waals surface area (Å²) in [7, 11) is 1.67. The summed E-state index contributed by atoms with van der Waals surface area (Å²) in [6, 6.07) is 95.1. The fourth-order valence-corrected chi connectivity index (χ4v) is 17.3. The number of pyridine rings is 2. The highest BCUT2D eigenvalue weighted by Gasteiger charge is 2.24. The summed E-state index contributed by atoms with van der Waals surface area (Å²) in [5.41, 5.74) is 48.2. The number of benzene rings is 9. The molecule has 0 spiro atoms. The largest absolute Gasteiger partial charge is 0.497 e. The van der Waals surface area contributed by atoms with Crippen LogP contribution in [0.25, 0.3) is 129 Å². The molecular formula is C114H112N20O5S2. The molecule has 0 atom stereocenters. The zero-order chi connectivity index (χ0) is 99.5. The molecule has 0 saturated carbocycles. The molecule has 8 N–H and O–H groups in total. The Morgan fingerprint density at radius 3 is 1.33 bits per heavy atom. The quantitative estimate of drug-likeness (QED) is 0.0315. The lowest BCUT2D eigenvalue weighted by atomic mass is 10.1. The van der Waals surface area contributed by atoms with Crippen LogP contribution in [0.1, 0.15) is 104 Å². The van der Waals surface area contributed by atoms with E-state index in [0.717, 1.165) is 154 Å². The monoisotopic (exact) mass is 1900 g/mol. The number of carbonyl (C=O) groups excluding carboxylic acids is 4. The van der Waals surface area contributed by atoms with Crippen molar-refractivity contribution in [3.63, 3.8) is 0 Å². The van der Waals surface area contributed by atoms with Crippen LogP contribution in [-0.2, 0) is 9.59 Å². The number of primary amides is 3. The minimum Gasteiger partial charge on any atom is -0.497 e. The molecule has 10 aromatic heterocycles. The Balaban J connectivity index is 0.000000134. The highest BCUT2D eigenvalue weighted by atomic mass is 32.1. The molecule has 9 aromatic carbocycles. The average molecular weight is 1910 g/mol. The Bertz CT molecular complexity index is 7510. The first-order valence-corrected chi connectivity index (χ1v) is 48.0. The van der Waals surface area contributed by atoms with Gasteiger partial charge in [0.1, 0.15) is 35.8 Å². The van der Waals surface area contributed by atoms with Gasteiger partial charge in [0.2, 0.25) is 17.7 Å². The second kappa shape index (κ2) is 45.5. The maximum Gasteiger partial charge on any atom is 0.258 e. The third-order valence-corrected chi connectivity index (χ3v) is 25.9. The number of aryl methyl sites for hydroxylation is 9. The maximum absolute atomic E-state index is 12.0. The number of thiophene rings is 2. The third kappa shape index (κ3) is 24.6. The number of nitrogens with one attached hydrogen (secondary N) is 2. The SMILES string of the molecule is COc1ccc(-c2cc(-c3ccncn3)nn2-c2ccc(C)cc2)cc1.Cc1ccc(-n2nc(-c3ccc(NCCN(C(C)C)C(C)C)nc3)cc2-c2ccsc2)cc1C.Cc1ccc(-n2nc(-c3ccccc3)cc2-c2ccc(C(N)=O)s2)cc1C.Cc1ccc(-n2nc(-c3ccccc3)cc2NC(=O)CC(N)=O)cc1C.Cc1ccc(-n2nc(-c3cccnc3)cc2-c2ccc(C(N)=O)cc2)cc1C. The molecule has 27 heteroatoms. The predicted octanol–water partition coefficient (Wildman–Crippen LogP) is 23.4. The molecule has 0 bridgehead atoms. The van der Waals surface area contributed by atoms with Crippen molar-refractivity contribution in [1.82, 2.24) is 73.7 Å². The summed E-state index contributed by atoms with van der Waals surface area (Å²) in [6.45, 7) is 29.6. The van der Waals surface area contributed by atoms with Crippen LogP contribution in [-0.4, -0.2) is 130 Å². The molecular weight excluding hydrogens is 1790 g/mol. The predicted molar refractivity (Wildman–Crippen MR) is 568 cm³/mol. The number of ether oxygens (including phenoxy) is 1. The lowest BCUT2D eigenvalue weighted by molar-refractivity contribution is -0.124. The van der Waals surface area contributed by atoms with Gasteiger partial charge in [-0.15, -0.1) is 11.3 Å². The van der Waals surface area contributed by atoms with Gasteiger partial charge in [-0.05, 0) is 310 Å². The lowest BCUT2D eigenvalue weighted by Crippen LogP contribution is -2.40. The molecule has 141 heavy (non-hydrogen) atoms. The van der Waals surface area contributed by atoms with E-state index in [2.05, 4.69) is 231 Å². The van der Waals surface area contributed by atoms with Crippen molar-refractivity contribution in [2.75, 3.05) is 30.8 Å². The van der Waals surface area contributed by atoms with Crippen molar-refractivity contribution in [3.05, 3.63) is 388 Å². The first-order chi connectivity index (χ1) is 68.1. The van der Waals surface area contributed by atoms with Gasteiger partial charge >= 0.3 is 0 Å². The minimum absolute atomic E-state index is 0.376. The molecule has 19 aromatic rings. The van der Waals surface area contributed by atoms with Gasteiger partial charge in [-0.3, -0.25) is 29.1 Å². The van der Waals surface area contributed by atoms with Crippen LogP contribution >= 0.6 is 22.7 Å². The average Bonchev–Trinajstić information content (AvgIpc) is 1.68. The van der Waals surface area contributed by atoms with Crippen molar-refractivity contribution >= 4 is 57.9 Å². The second-order valence-corrected chi connectivity index (χ2v) is 36.7. The number of carbonyl (C=O) groups is 4. The van der Waals surface area contributed by atoms with Gasteiger partial charge in [0, 0.05) is 106 Å². The summed E-state index contributed by atoms with van der Waals surface area (Å²) < 4.78 is 14.8. The molecule has 0 aliphatic heterocycles. The van der Waals surface area contributed by atoms with E-state index in [9.17, 15) is 19.2 Å². The number of nitrogens with two attached hydrogens (primary N) is 3. The van der Waals surface area contributed by atoms with Crippen LogP contribution in [0.15, 0.2) is 327 Å². The summed E-state index contributed by atoms with van der Waals surface area (Å²) in [5, 5.41) is 34.6. The molecule has 0 saturated heterocycles. The third-order valence-electron chi connectivity index (χ3n) is 24.1. The number of amides is 4. The Labute approximate surface area is 829 Å². The first kappa shape index (κ1) is 98.8. The van der Waals surface area contributed by atoms with E-state index in [1.54, 1.807) is 66.0 Å². The van der Waals surface area contributed by atoms with Crippen molar-refractivity contribution in [1.29, 1.82) is 0 Å². The second-order valence-electron chi connectivity index (χ2n) is 34.8. The van der Waals surface area contributed by atoms with E-state index in [-0.39, 0.29) is 6.42 Å². The summed E-state index contributed by atoms with van der Waals surface area (Å²) in [4.78, 5) is 67.1. The van der Waals surface area contributed by atoms with Gasteiger partial charge in [0.05, 0.1) is 96.5 Å². The fourth-order valence-electron chi connectivity index (χ4n) is 15.8. The van der Waals surface area contributed by atoms with Gasteiger partial charge in [-0.1, -0.05) is 115 Å². The van der Waals surface area contributed by atoms with E-state index in [4.69, 9.17) is 42.3 Å². The van der Waals surface area contributed by atoms with Crippen LogP contribution in [0.3, 0.4) is 0 Å². The number of nitrogens with zero attached hydrogens (tertiary/aromatic N) is 15. The Kier molecular flexibility index (Phi) is 31.9. The Hall–Kier alpha value is -16.8. The van der Waals surface area contributed by atoms with Crippen molar-refractivity contribution in [2.45, 2.75) is 109 Å². The lowest BCUT2D eigenvalue weighted by Gasteiger charge is -2.30. The molecule has 25 nitrogen and oxygen atoms in total. The number of hydrogen-bond donors (Lipinski definition) is 5. The maximum atomic E-state index is 12.0. The zero-order valence-corrected chi connectivity index (χ0v) is 82.9. The Morgan fingerprint density at radius 2 is 0.865 bits per heavy atom. The topological polar surface area (TPSA) is 324 Å². The number of anilines is 2. The van der Waals surface area contributed by atoms with Gasteiger partial charge in [0.25, 0.3) is 5.91 Å². The van der Waals surface area contributed by atoms with Crippen molar-refractivity contribution < 1.29 is 23.9 Å². The summed E-state index contributed by atoms with van der Waals surface area (Å²) >= 11 is 3.08. The van der Waals surface area contributed by atoms with Crippen LogP contribution in [0, 0.1) is 62.3 Å². The fraction of sp³-hybridized carbons (Fsp3) is 0.167. The van der Waals surface area contributed by atoms with Crippen LogP contribution in [0.5, 0.6) is 5.75 Å². The van der Waals surface area contributed by atoms with Crippen LogP contribution in [0.4, 0.5) is 11.6 Å². The van der Waals surface area contributed by atoms with Crippen molar-refractivity contribution in [3.8, 4) is 135 Å². The molecule has 0 radical (unpaired) electrons. The first-order valence-electron chi connectivity index (χ1n) is 46.2. The molecule has 0 fully saturated rings. The van der Waals surface area contributed by atoms with E-state index in [1.165, 1.54) is 67.7 Å². The summed E-state index contributed by atoms with van der Waals surface area (Å²) in [5.74, 6) is 0.203. The highest BCUT2D eigenvalue weighted by Crippen LogP contribution is 2.38. The van der Waals surface area contributed by atoms with Crippen LogP contribution in [0.2, 0.25) is 0 Å². The van der Waals surface area contributed by atoms with E-state index >= 15 is 0 Å².